The van der Waals surface area contributed by atoms with Crippen molar-refractivity contribution in [2.75, 3.05) is 19.6 Å². The number of amides is 2. The minimum absolute atomic E-state index is 0.0261. The molecule has 0 atom stereocenters. The molecule has 0 unspecified atom stereocenters. The van der Waals surface area contributed by atoms with Gasteiger partial charge < -0.3 is 10.2 Å². The molecule has 2 amide bonds. The van der Waals surface area contributed by atoms with Crippen LogP contribution < -0.4 is 10.9 Å². The summed E-state index contributed by atoms with van der Waals surface area (Å²) >= 11 is 1.38. The number of hydrogen-bond acceptors (Lipinski definition) is 5. The topological polar surface area (TPSA) is 84.3 Å². The number of thiophene rings is 1. The Morgan fingerprint density at radius 2 is 2.09 bits per heavy atom. The first-order valence-electron chi connectivity index (χ1n) is 7.12. The normalized spacial score (nSPS) is 14.5. The maximum Gasteiger partial charge on any atom is 0.262 e. The lowest BCUT2D eigenvalue weighted by Crippen LogP contribution is -2.40. The van der Waals surface area contributed by atoms with Gasteiger partial charge in [-0.15, -0.1) is 11.3 Å². The van der Waals surface area contributed by atoms with Gasteiger partial charge >= 0.3 is 0 Å². The van der Waals surface area contributed by atoms with Gasteiger partial charge in [0.1, 0.15) is 11.4 Å². The van der Waals surface area contributed by atoms with Crippen molar-refractivity contribution >= 4 is 33.4 Å². The van der Waals surface area contributed by atoms with Gasteiger partial charge in [0.05, 0.1) is 18.3 Å². The van der Waals surface area contributed by atoms with E-state index >= 15 is 0 Å². The molecule has 2 aromatic heterocycles. The number of nitrogens with zero attached hydrogens (tertiary/aromatic N) is 3. The quantitative estimate of drug-likeness (QED) is 0.872. The van der Waals surface area contributed by atoms with Crippen molar-refractivity contribution in [1.29, 1.82) is 0 Å². The van der Waals surface area contributed by atoms with Crippen molar-refractivity contribution < 1.29 is 9.59 Å². The molecule has 0 bridgehead atoms. The van der Waals surface area contributed by atoms with Crippen LogP contribution in [0.2, 0.25) is 0 Å². The van der Waals surface area contributed by atoms with Crippen LogP contribution in [0.25, 0.3) is 10.2 Å². The number of likely N-dealkylation sites (tertiary alicyclic amines) is 1. The minimum Gasteiger partial charge on any atom is -0.345 e. The van der Waals surface area contributed by atoms with Crippen LogP contribution in [0.1, 0.15) is 12.8 Å². The number of nitrogens with one attached hydrogen (secondary N) is 1. The van der Waals surface area contributed by atoms with Crippen LogP contribution in [0.3, 0.4) is 0 Å². The summed E-state index contributed by atoms with van der Waals surface area (Å²) in [6.45, 7) is 1.35. The molecule has 1 N–H and O–H groups in total. The smallest absolute Gasteiger partial charge is 0.262 e. The van der Waals surface area contributed by atoms with Gasteiger partial charge in [-0.3, -0.25) is 19.0 Å². The fourth-order valence-corrected chi connectivity index (χ4v) is 3.19. The predicted molar refractivity (Wildman–Crippen MR) is 82.7 cm³/mol. The Morgan fingerprint density at radius 1 is 1.32 bits per heavy atom. The Labute approximate surface area is 130 Å². The van der Waals surface area contributed by atoms with Gasteiger partial charge in [-0.25, -0.2) is 4.98 Å². The lowest BCUT2D eigenvalue weighted by Gasteiger charge is -2.15. The first-order valence-corrected chi connectivity index (χ1v) is 8.00. The zero-order chi connectivity index (χ0) is 15.5. The standard InChI is InChI=1S/C14H16N4O3S/c19-11(15-7-12(20)17-4-1-2-5-17)8-18-9-16-13-10(14(18)21)3-6-22-13/h3,6,9H,1-2,4-5,7-8H2,(H,15,19). The van der Waals surface area contributed by atoms with Crippen LogP contribution in [0.5, 0.6) is 0 Å². The van der Waals surface area contributed by atoms with Gasteiger partial charge in [-0.05, 0) is 24.3 Å². The third-order valence-electron chi connectivity index (χ3n) is 3.66. The number of fused-ring (bicyclic) bond motifs is 1. The maximum atomic E-state index is 12.1. The number of carbonyl (C=O) groups is 2. The lowest BCUT2D eigenvalue weighted by atomic mass is 10.4. The van der Waals surface area contributed by atoms with E-state index in [9.17, 15) is 14.4 Å². The zero-order valence-corrected chi connectivity index (χ0v) is 12.8. The average Bonchev–Trinajstić information content (AvgIpc) is 3.18. The molecular weight excluding hydrogens is 304 g/mol. The second-order valence-corrected chi connectivity index (χ2v) is 6.08. The summed E-state index contributed by atoms with van der Waals surface area (Å²) in [5.74, 6) is -0.448. The second-order valence-electron chi connectivity index (χ2n) is 5.18. The second kappa shape index (κ2) is 6.27. The van der Waals surface area contributed by atoms with E-state index in [-0.39, 0.29) is 30.5 Å². The third-order valence-corrected chi connectivity index (χ3v) is 4.48. The molecule has 116 valence electrons. The van der Waals surface area contributed by atoms with E-state index in [1.807, 2.05) is 0 Å². The van der Waals surface area contributed by atoms with Crippen molar-refractivity contribution in [2.24, 2.45) is 0 Å². The highest BCUT2D eigenvalue weighted by Crippen LogP contribution is 2.13. The van der Waals surface area contributed by atoms with Crippen molar-refractivity contribution in [3.63, 3.8) is 0 Å². The molecule has 22 heavy (non-hydrogen) atoms. The molecule has 1 aliphatic heterocycles. The van der Waals surface area contributed by atoms with Crippen LogP contribution in [-0.4, -0.2) is 45.9 Å². The molecule has 0 radical (unpaired) electrons. The van der Waals surface area contributed by atoms with E-state index in [1.54, 1.807) is 16.3 Å². The Hall–Kier alpha value is -2.22. The van der Waals surface area contributed by atoms with Crippen LogP contribution >= 0.6 is 11.3 Å². The lowest BCUT2D eigenvalue weighted by molar-refractivity contribution is -0.132. The van der Waals surface area contributed by atoms with Crippen LogP contribution in [0.4, 0.5) is 0 Å². The Bertz CT molecular complexity index is 761. The molecule has 3 heterocycles. The molecule has 2 aromatic rings. The predicted octanol–water partition coefficient (Wildman–Crippen LogP) is 0.197. The van der Waals surface area contributed by atoms with Gasteiger partial charge in [0.2, 0.25) is 11.8 Å². The van der Waals surface area contributed by atoms with Crippen LogP contribution in [0.15, 0.2) is 22.6 Å². The summed E-state index contributed by atoms with van der Waals surface area (Å²) in [6, 6.07) is 1.70. The summed E-state index contributed by atoms with van der Waals surface area (Å²) in [5, 5.41) is 4.86. The van der Waals surface area contributed by atoms with Gasteiger partial charge in [-0.2, -0.15) is 0 Å². The van der Waals surface area contributed by atoms with Crippen molar-refractivity contribution in [3.8, 4) is 0 Å². The Balaban J connectivity index is 1.59. The summed E-state index contributed by atoms with van der Waals surface area (Å²) in [7, 11) is 0. The minimum atomic E-state index is -0.369. The molecule has 0 aromatic carbocycles. The van der Waals surface area contributed by atoms with E-state index in [0.29, 0.717) is 10.2 Å². The van der Waals surface area contributed by atoms with E-state index in [2.05, 4.69) is 10.3 Å². The van der Waals surface area contributed by atoms with Crippen LogP contribution in [0, 0.1) is 0 Å². The first-order chi connectivity index (χ1) is 10.6. The molecule has 0 saturated carbocycles. The molecule has 1 saturated heterocycles. The molecule has 1 aliphatic rings. The Kier molecular flexibility index (Phi) is 4.19. The number of rotatable bonds is 4. The average molecular weight is 320 g/mol. The van der Waals surface area contributed by atoms with E-state index in [4.69, 9.17) is 0 Å². The van der Waals surface area contributed by atoms with Crippen molar-refractivity contribution in [3.05, 3.63) is 28.1 Å². The van der Waals surface area contributed by atoms with Crippen molar-refractivity contribution in [2.45, 2.75) is 19.4 Å². The molecule has 7 nitrogen and oxygen atoms in total. The zero-order valence-electron chi connectivity index (χ0n) is 11.9. The van der Waals surface area contributed by atoms with Gasteiger partial charge in [0, 0.05) is 13.1 Å². The largest absolute Gasteiger partial charge is 0.345 e. The maximum absolute atomic E-state index is 12.1. The summed E-state index contributed by atoms with van der Waals surface area (Å²) < 4.78 is 1.25. The summed E-state index contributed by atoms with van der Waals surface area (Å²) in [4.78, 5) is 42.4. The summed E-state index contributed by atoms with van der Waals surface area (Å²) in [6.07, 6.45) is 3.39. The fraction of sp³-hybridized carbons (Fsp3) is 0.429. The van der Waals surface area contributed by atoms with E-state index < -0.39 is 0 Å². The van der Waals surface area contributed by atoms with Crippen LogP contribution in [-0.2, 0) is 16.1 Å². The van der Waals surface area contributed by atoms with Gasteiger partial charge in [0.15, 0.2) is 0 Å². The molecular formula is C14H16N4O3S. The number of hydrogen-bond donors (Lipinski definition) is 1. The summed E-state index contributed by atoms with van der Waals surface area (Å²) in [5.41, 5.74) is -0.243. The highest BCUT2D eigenvalue weighted by atomic mass is 32.1. The highest BCUT2D eigenvalue weighted by Gasteiger charge is 2.18. The van der Waals surface area contributed by atoms with E-state index in [1.165, 1.54) is 22.2 Å². The third kappa shape index (κ3) is 3.01. The molecule has 0 spiro atoms. The molecule has 1 fully saturated rings. The molecule has 8 heteroatoms. The molecule has 3 rings (SSSR count). The van der Waals surface area contributed by atoms with Gasteiger partial charge in [-0.1, -0.05) is 0 Å². The number of carbonyl (C=O) groups excluding carboxylic acids is 2. The highest BCUT2D eigenvalue weighted by molar-refractivity contribution is 7.16. The number of aromatic nitrogens is 2. The van der Waals surface area contributed by atoms with Gasteiger partial charge in [0.25, 0.3) is 5.56 Å². The Morgan fingerprint density at radius 3 is 2.86 bits per heavy atom. The van der Waals surface area contributed by atoms with Crippen molar-refractivity contribution in [1.82, 2.24) is 19.8 Å². The monoisotopic (exact) mass is 320 g/mol. The SMILES string of the molecule is O=C(Cn1cnc2sccc2c1=O)NCC(=O)N1CCCC1. The molecule has 0 aliphatic carbocycles. The fourth-order valence-electron chi connectivity index (χ4n) is 2.47. The van der Waals surface area contributed by atoms with E-state index in [0.717, 1.165) is 25.9 Å². The first kappa shape index (κ1) is 14.7.